The first-order valence-corrected chi connectivity index (χ1v) is 7.12. The highest BCUT2D eigenvalue weighted by molar-refractivity contribution is 9.10. The summed E-state index contributed by atoms with van der Waals surface area (Å²) in [5.74, 6) is 0.775. The number of nitrogens with one attached hydrogen (secondary N) is 1. The van der Waals surface area contributed by atoms with Crippen LogP contribution in [0.1, 0.15) is 37.8 Å². The first-order chi connectivity index (χ1) is 8.20. The van der Waals surface area contributed by atoms with Crippen molar-refractivity contribution in [2.45, 2.75) is 38.3 Å². The number of benzene rings is 1. The molecular formula is C14H20BrNO. The van der Waals surface area contributed by atoms with E-state index in [2.05, 4.69) is 52.4 Å². The predicted octanol–water partition coefficient (Wildman–Crippen LogP) is 3.26. The number of hydrogen-bond donors (Lipinski definition) is 2. The quantitative estimate of drug-likeness (QED) is 0.845. The highest BCUT2D eigenvalue weighted by Crippen LogP contribution is 2.41. The molecule has 1 aliphatic carbocycles. The predicted molar refractivity (Wildman–Crippen MR) is 73.9 cm³/mol. The second-order valence-corrected chi connectivity index (χ2v) is 5.86. The summed E-state index contributed by atoms with van der Waals surface area (Å²) in [7, 11) is 0. The topological polar surface area (TPSA) is 32.3 Å². The fourth-order valence-electron chi connectivity index (χ4n) is 2.19. The van der Waals surface area contributed by atoms with Gasteiger partial charge in [0.25, 0.3) is 0 Å². The first-order valence-electron chi connectivity index (χ1n) is 6.33. The molecule has 0 heterocycles. The minimum absolute atomic E-state index is 0.256. The molecule has 17 heavy (non-hydrogen) atoms. The van der Waals surface area contributed by atoms with Crippen LogP contribution in [-0.4, -0.2) is 17.8 Å². The second-order valence-electron chi connectivity index (χ2n) is 4.95. The maximum Gasteiger partial charge on any atom is 0.0445 e. The molecule has 0 spiro atoms. The largest absolute Gasteiger partial charge is 0.396 e. The maximum atomic E-state index is 8.96. The Morgan fingerprint density at radius 1 is 1.35 bits per heavy atom. The van der Waals surface area contributed by atoms with Gasteiger partial charge in [-0.25, -0.2) is 0 Å². The molecule has 94 valence electrons. The van der Waals surface area contributed by atoms with Gasteiger partial charge in [-0.1, -0.05) is 28.1 Å². The Bertz CT molecular complexity index is 348. The van der Waals surface area contributed by atoms with Crippen molar-refractivity contribution in [3.8, 4) is 0 Å². The summed E-state index contributed by atoms with van der Waals surface area (Å²) in [4.78, 5) is 0. The van der Waals surface area contributed by atoms with E-state index in [1.807, 2.05) is 0 Å². The molecule has 2 atom stereocenters. The molecule has 1 aliphatic rings. The smallest absolute Gasteiger partial charge is 0.0445 e. The lowest BCUT2D eigenvalue weighted by molar-refractivity contribution is 0.260. The van der Waals surface area contributed by atoms with Crippen molar-refractivity contribution in [1.29, 1.82) is 0 Å². The summed E-state index contributed by atoms with van der Waals surface area (Å²) in [6.45, 7) is 2.40. The van der Waals surface area contributed by atoms with Gasteiger partial charge in [0.15, 0.2) is 0 Å². The van der Waals surface area contributed by atoms with E-state index in [0.29, 0.717) is 12.1 Å². The molecule has 2 N–H and O–H groups in total. The summed E-state index contributed by atoms with van der Waals surface area (Å²) >= 11 is 3.47. The Morgan fingerprint density at radius 2 is 2.00 bits per heavy atom. The highest BCUT2D eigenvalue weighted by Gasteiger charge is 2.32. The van der Waals surface area contributed by atoms with Crippen molar-refractivity contribution in [3.63, 3.8) is 0 Å². The molecule has 0 amide bonds. The van der Waals surface area contributed by atoms with Crippen molar-refractivity contribution >= 4 is 15.9 Å². The monoisotopic (exact) mass is 297 g/mol. The molecule has 1 aromatic rings. The van der Waals surface area contributed by atoms with Crippen molar-refractivity contribution < 1.29 is 5.11 Å². The van der Waals surface area contributed by atoms with Crippen LogP contribution in [0.4, 0.5) is 0 Å². The fourth-order valence-corrected chi connectivity index (χ4v) is 2.45. The SMILES string of the molecule is CC(CCO)NC(c1ccc(Br)cc1)C1CC1. The van der Waals surface area contributed by atoms with Crippen LogP contribution >= 0.6 is 15.9 Å². The van der Waals surface area contributed by atoms with E-state index in [1.165, 1.54) is 18.4 Å². The lowest BCUT2D eigenvalue weighted by atomic mass is 10.0. The molecule has 1 aromatic carbocycles. The van der Waals surface area contributed by atoms with Crippen LogP contribution in [-0.2, 0) is 0 Å². The summed E-state index contributed by atoms with van der Waals surface area (Å²) in [6, 6.07) is 9.39. The van der Waals surface area contributed by atoms with Crippen molar-refractivity contribution in [2.75, 3.05) is 6.61 Å². The van der Waals surface area contributed by atoms with Gasteiger partial charge in [0.05, 0.1) is 0 Å². The number of aliphatic hydroxyl groups excluding tert-OH is 1. The van der Waals surface area contributed by atoms with Crippen molar-refractivity contribution in [1.82, 2.24) is 5.32 Å². The zero-order valence-corrected chi connectivity index (χ0v) is 11.8. The number of hydrogen-bond acceptors (Lipinski definition) is 2. The van der Waals surface area contributed by atoms with Gasteiger partial charge >= 0.3 is 0 Å². The van der Waals surface area contributed by atoms with E-state index in [0.717, 1.165) is 16.8 Å². The molecule has 0 saturated heterocycles. The third-order valence-electron chi connectivity index (χ3n) is 3.35. The minimum atomic E-state index is 0.256. The zero-order chi connectivity index (χ0) is 12.3. The molecule has 2 rings (SSSR count). The van der Waals surface area contributed by atoms with Crippen LogP contribution in [0.2, 0.25) is 0 Å². The summed E-state index contributed by atoms with van der Waals surface area (Å²) < 4.78 is 1.12. The van der Waals surface area contributed by atoms with E-state index in [9.17, 15) is 0 Å². The Hall–Kier alpha value is -0.380. The Balaban J connectivity index is 2.04. The van der Waals surface area contributed by atoms with Gasteiger partial charge in [-0.3, -0.25) is 0 Å². The van der Waals surface area contributed by atoms with Crippen molar-refractivity contribution in [2.24, 2.45) is 5.92 Å². The van der Waals surface area contributed by atoms with Crippen LogP contribution in [0.15, 0.2) is 28.7 Å². The van der Waals surface area contributed by atoms with Gasteiger partial charge in [-0.15, -0.1) is 0 Å². The Kier molecular flexibility index (Phi) is 4.60. The zero-order valence-electron chi connectivity index (χ0n) is 10.2. The number of aliphatic hydroxyl groups is 1. The van der Waals surface area contributed by atoms with Crippen LogP contribution in [0.5, 0.6) is 0 Å². The molecular weight excluding hydrogens is 278 g/mol. The normalized spacial score (nSPS) is 19.0. The van der Waals surface area contributed by atoms with Crippen LogP contribution in [0, 0.1) is 5.92 Å². The molecule has 2 nitrogen and oxygen atoms in total. The molecule has 3 heteroatoms. The average molecular weight is 298 g/mol. The number of rotatable bonds is 6. The van der Waals surface area contributed by atoms with Gasteiger partial charge in [-0.05, 0) is 49.8 Å². The van der Waals surface area contributed by atoms with Crippen LogP contribution in [0.3, 0.4) is 0 Å². The Morgan fingerprint density at radius 3 is 2.53 bits per heavy atom. The summed E-state index contributed by atoms with van der Waals surface area (Å²) in [5.41, 5.74) is 1.36. The van der Waals surface area contributed by atoms with Gasteiger partial charge in [0, 0.05) is 23.2 Å². The van der Waals surface area contributed by atoms with Gasteiger partial charge in [0.1, 0.15) is 0 Å². The van der Waals surface area contributed by atoms with Crippen LogP contribution < -0.4 is 5.32 Å². The second kappa shape index (κ2) is 5.98. The maximum absolute atomic E-state index is 8.96. The van der Waals surface area contributed by atoms with Crippen LogP contribution in [0.25, 0.3) is 0 Å². The molecule has 2 unspecified atom stereocenters. The third kappa shape index (κ3) is 3.80. The van der Waals surface area contributed by atoms with E-state index >= 15 is 0 Å². The van der Waals surface area contributed by atoms with E-state index in [1.54, 1.807) is 0 Å². The highest BCUT2D eigenvalue weighted by atomic mass is 79.9. The number of halogens is 1. The third-order valence-corrected chi connectivity index (χ3v) is 3.88. The van der Waals surface area contributed by atoms with Crippen molar-refractivity contribution in [3.05, 3.63) is 34.3 Å². The van der Waals surface area contributed by atoms with Gasteiger partial charge < -0.3 is 10.4 Å². The van der Waals surface area contributed by atoms with E-state index in [-0.39, 0.29) is 6.61 Å². The van der Waals surface area contributed by atoms with Gasteiger partial charge in [-0.2, -0.15) is 0 Å². The molecule has 0 aliphatic heterocycles. The first kappa shape index (κ1) is 13.1. The van der Waals surface area contributed by atoms with E-state index < -0.39 is 0 Å². The minimum Gasteiger partial charge on any atom is -0.396 e. The summed E-state index contributed by atoms with van der Waals surface area (Å²) in [5, 5.41) is 12.6. The fraction of sp³-hybridized carbons (Fsp3) is 0.571. The summed E-state index contributed by atoms with van der Waals surface area (Å²) in [6.07, 6.45) is 3.46. The molecule has 0 radical (unpaired) electrons. The van der Waals surface area contributed by atoms with E-state index in [4.69, 9.17) is 5.11 Å². The molecule has 1 fully saturated rings. The Labute approximate surface area is 112 Å². The standard InChI is InChI=1S/C14H20BrNO/c1-10(8-9-17)16-14(11-2-3-11)12-4-6-13(15)7-5-12/h4-7,10-11,14,16-17H,2-3,8-9H2,1H3. The van der Waals surface area contributed by atoms with Gasteiger partial charge in [0.2, 0.25) is 0 Å². The molecule has 1 saturated carbocycles. The molecule has 0 bridgehead atoms. The lowest BCUT2D eigenvalue weighted by Crippen LogP contribution is -2.32. The molecule has 0 aromatic heterocycles. The average Bonchev–Trinajstić information content (AvgIpc) is 3.12. The lowest BCUT2D eigenvalue weighted by Gasteiger charge is -2.23.